The highest BCUT2D eigenvalue weighted by Gasteiger charge is 2.17. The predicted octanol–water partition coefficient (Wildman–Crippen LogP) is 2.89. The van der Waals surface area contributed by atoms with Crippen LogP contribution in [0.2, 0.25) is 0 Å². The third kappa shape index (κ3) is 1.22. The Balaban J connectivity index is 2.17. The second-order valence-corrected chi connectivity index (χ2v) is 3.20. The van der Waals surface area contributed by atoms with E-state index in [0.717, 1.165) is 18.4 Å². The largest absolute Gasteiger partial charge is 0.511 e. The maximum Gasteiger partial charge on any atom is 0.103 e. The Morgan fingerprint density at radius 2 is 1.75 bits per heavy atom. The average Bonchev–Trinajstić information content (AvgIpc) is 2.77. The molecule has 0 heterocycles. The van der Waals surface area contributed by atoms with E-state index in [1.807, 2.05) is 24.3 Å². The molecule has 0 saturated heterocycles. The fraction of sp³-hybridized carbons (Fsp3) is 0.273. The summed E-state index contributed by atoms with van der Waals surface area (Å²) in [6.45, 7) is 0. The normalized spacial score (nSPS) is 21.2. The van der Waals surface area contributed by atoms with E-state index in [9.17, 15) is 5.11 Å². The molecule has 0 amide bonds. The van der Waals surface area contributed by atoms with Gasteiger partial charge in [-0.1, -0.05) is 36.5 Å². The lowest BCUT2D eigenvalue weighted by molar-refractivity contribution is 0.333. The van der Waals surface area contributed by atoms with Crippen molar-refractivity contribution in [1.29, 1.82) is 0 Å². The second kappa shape index (κ2) is 3.02. The van der Waals surface area contributed by atoms with Gasteiger partial charge in [-0.25, -0.2) is 0 Å². The van der Waals surface area contributed by atoms with Crippen molar-refractivity contribution in [2.45, 2.75) is 12.8 Å². The van der Waals surface area contributed by atoms with Crippen molar-refractivity contribution in [2.24, 2.45) is 5.92 Å². The summed E-state index contributed by atoms with van der Waals surface area (Å²) in [5.74, 6) is 0.873. The monoisotopic (exact) mass is 160 g/mol. The summed E-state index contributed by atoms with van der Waals surface area (Å²) < 4.78 is 0. The van der Waals surface area contributed by atoms with Gasteiger partial charge in [-0.3, -0.25) is 0 Å². The van der Waals surface area contributed by atoms with Crippen LogP contribution in [0.5, 0.6) is 0 Å². The van der Waals surface area contributed by atoms with Crippen LogP contribution in [0.15, 0.2) is 47.8 Å². The molecule has 2 rings (SSSR count). The SMILES string of the molecule is OC(=C1C=CC=C1)C1CC=CC1. The van der Waals surface area contributed by atoms with E-state index in [-0.39, 0.29) is 0 Å². The van der Waals surface area contributed by atoms with Crippen molar-refractivity contribution in [1.82, 2.24) is 0 Å². The summed E-state index contributed by atoms with van der Waals surface area (Å²) in [5, 5.41) is 9.79. The highest BCUT2D eigenvalue weighted by Crippen LogP contribution is 2.28. The molecule has 62 valence electrons. The molecular weight excluding hydrogens is 148 g/mol. The molecule has 0 atom stereocenters. The molecule has 0 bridgehead atoms. The van der Waals surface area contributed by atoms with Gasteiger partial charge in [0.25, 0.3) is 0 Å². The van der Waals surface area contributed by atoms with Crippen molar-refractivity contribution in [2.75, 3.05) is 0 Å². The Kier molecular flexibility index (Phi) is 1.86. The number of allylic oxidation sites excluding steroid dienone is 8. The lowest BCUT2D eigenvalue weighted by Gasteiger charge is -2.09. The minimum Gasteiger partial charge on any atom is -0.511 e. The zero-order valence-corrected chi connectivity index (χ0v) is 6.90. The highest BCUT2D eigenvalue weighted by atomic mass is 16.3. The number of hydrogen-bond acceptors (Lipinski definition) is 1. The minimum atomic E-state index is 0.326. The topological polar surface area (TPSA) is 20.2 Å². The summed E-state index contributed by atoms with van der Waals surface area (Å²) in [5.41, 5.74) is 0.976. The summed E-state index contributed by atoms with van der Waals surface area (Å²) in [6, 6.07) is 0. The molecule has 0 unspecified atom stereocenters. The van der Waals surface area contributed by atoms with Crippen LogP contribution in [0.1, 0.15) is 12.8 Å². The number of hydrogen-bond donors (Lipinski definition) is 1. The van der Waals surface area contributed by atoms with Gasteiger partial charge in [0, 0.05) is 11.5 Å². The molecule has 0 spiro atoms. The molecule has 2 aliphatic carbocycles. The average molecular weight is 160 g/mol. The molecule has 12 heavy (non-hydrogen) atoms. The molecule has 1 heteroatoms. The molecule has 0 aromatic heterocycles. The van der Waals surface area contributed by atoms with E-state index in [2.05, 4.69) is 12.2 Å². The van der Waals surface area contributed by atoms with E-state index in [1.54, 1.807) is 0 Å². The lowest BCUT2D eigenvalue weighted by atomic mass is 10.0. The van der Waals surface area contributed by atoms with Crippen molar-refractivity contribution < 1.29 is 5.11 Å². The Hall–Kier alpha value is -1.24. The second-order valence-electron chi connectivity index (χ2n) is 3.20. The summed E-state index contributed by atoms with van der Waals surface area (Å²) in [7, 11) is 0. The number of aliphatic hydroxyl groups is 1. The first-order valence-corrected chi connectivity index (χ1v) is 4.31. The maximum absolute atomic E-state index is 9.79. The van der Waals surface area contributed by atoms with Crippen LogP contribution in [-0.2, 0) is 0 Å². The van der Waals surface area contributed by atoms with Crippen molar-refractivity contribution in [3.05, 3.63) is 47.8 Å². The van der Waals surface area contributed by atoms with Crippen molar-refractivity contribution in [3.8, 4) is 0 Å². The van der Waals surface area contributed by atoms with E-state index in [1.165, 1.54) is 0 Å². The van der Waals surface area contributed by atoms with Gasteiger partial charge in [-0.15, -0.1) is 0 Å². The van der Waals surface area contributed by atoms with E-state index < -0.39 is 0 Å². The molecule has 0 saturated carbocycles. The van der Waals surface area contributed by atoms with Crippen LogP contribution in [0.3, 0.4) is 0 Å². The van der Waals surface area contributed by atoms with Crippen LogP contribution in [-0.4, -0.2) is 5.11 Å². The first kappa shape index (κ1) is 7.41. The van der Waals surface area contributed by atoms with Gasteiger partial charge in [0.1, 0.15) is 5.76 Å². The first-order valence-electron chi connectivity index (χ1n) is 4.31. The van der Waals surface area contributed by atoms with Gasteiger partial charge < -0.3 is 5.11 Å². The highest BCUT2D eigenvalue weighted by molar-refractivity contribution is 5.42. The predicted molar refractivity (Wildman–Crippen MR) is 49.8 cm³/mol. The first-order chi connectivity index (χ1) is 5.88. The van der Waals surface area contributed by atoms with Crippen LogP contribution >= 0.6 is 0 Å². The number of rotatable bonds is 1. The van der Waals surface area contributed by atoms with Gasteiger partial charge in [-0.2, -0.15) is 0 Å². The smallest absolute Gasteiger partial charge is 0.103 e. The third-order valence-electron chi connectivity index (χ3n) is 2.35. The molecule has 0 aliphatic heterocycles. The van der Waals surface area contributed by atoms with Crippen LogP contribution in [0.4, 0.5) is 0 Å². The van der Waals surface area contributed by atoms with Crippen molar-refractivity contribution >= 4 is 0 Å². The van der Waals surface area contributed by atoms with Gasteiger partial charge in [0.15, 0.2) is 0 Å². The summed E-state index contributed by atoms with van der Waals surface area (Å²) in [4.78, 5) is 0. The van der Waals surface area contributed by atoms with Gasteiger partial charge in [-0.05, 0) is 12.8 Å². The van der Waals surface area contributed by atoms with Gasteiger partial charge in [0.05, 0.1) is 0 Å². The summed E-state index contributed by atoms with van der Waals surface area (Å²) >= 11 is 0. The molecule has 0 aromatic carbocycles. The molecule has 0 fully saturated rings. The number of aliphatic hydroxyl groups excluding tert-OH is 1. The van der Waals surface area contributed by atoms with E-state index in [0.29, 0.717) is 11.7 Å². The molecule has 1 N–H and O–H groups in total. The Bertz CT molecular complexity index is 270. The fourth-order valence-corrected chi connectivity index (χ4v) is 1.62. The zero-order chi connectivity index (χ0) is 8.39. The minimum absolute atomic E-state index is 0.326. The molecule has 0 radical (unpaired) electrons. The third-order valence-corrected chi connectivity index (χ3v) is 2.35. The van der Waals surface area contributed by atoms with Gasteiger partial charge >= 0.3 is 0 Å². The van der Waals surface area contributed by atoms with Crippen LogP contribution in [0.25, 0.3) is 0 Å². The fourth-order valence-electron chi connectivity index (χ4n) is 1.62. The quantitative estimate of drug-likeness (QED) is 0.462. The Morgan fingerprint density at radius 1 is 1.17 bits per heavy atom. The Labute approximate surface area is 72.4 Å². The standard InChI is InChI=1S/C11H12O/c12-11(9-5-1-2-6-9)10-7-3-4-8-10/h1-6,10,12H,7-8H2. The maximum atomic E-state index is 9.79. The molecule has 2 aliphatic rings. The molecule has 0 aromatic rings. The van der Waals surface area contributed by atoms with Crippen LogP contribution < -0.4 is 0 Å². The molecule has 1 nitrogen and oxygen atoms in total. The van der Waals surface area contributed by atoms with E-state index >= 15 is 0 Å². The van der Waals surface area contributed by atoms with Crippen LogP contribution in [0, 0.1) is 5.92 Å². The molecular formula is C11H12O. The summed E-state index contributed by atoms with van der Waals surface area (Å²) in [6.07, 6.45) is 14.0. The lowest BCUT2D eigenvalue weighted by Crippen LogP contribution is -2.00. The van der Waals surface area contributed by atoms with Gasteiger partial charge in [0.2, 0.25) is 0 Å². The Morgan fingerprint density at radius 3 is 2.33 bits per heavy atom. The van der Waals surface area contributed by atoms with E-state index in [4.69, 9.17) is 0 Å². The zero-order valence-electron chi connectivity index (χ0n) is 6.90. The van der Waals surface area contributed by atoms with Crippen molar-refractivity contribution in [3.63, 3.8) is 0 Å².